The lowest BCUT2D eigenvalue weighted by Crippen LogP contribution is -2.22. The number of nitrogens with one attached hydrogen (secondary N) is 1. The molecule has 0 atom stereocenters. The summed E-state index contributed by atoms with van der Waals surface area (Å²) < 4.78 is 5.19. The lowest BCUT2D eigenvalue weighted by Gasteiger charge is -2.04. The van der Waals surface area contributed by atoms with Gasteiger partial charge in [-0.15, -0.1) is 0 Å². The van der Waals surface area contributed by atoms with Crippen molar-refractivity contribution in [2.45, 2.75) is 20.4 Å². The molecule has 0 aliphatic carbocycles. The van der Waals surface area contributed by atoms with E-state index in [1.807, 2.05) is 38.1 Å². The Morgan fingerprint density at radius 1 is 1.21 bits per heavy atom. The van der Waals surface area contributed by atoms with Crippen molar-refractivity contribution in [3.63, 3.8) is 0 Å². The summed E-state index contributed by atoms with van der Waals surface area (Å²) in [6, 6.07) is 13.0. The highest BCUT2D eigenvalue weighted by atomic mass is 35.5. The summed E-state index contributed by atoms with van der Waals surface area (Å²) in [4.78, 5) is 16.4. The van der Waals surface area contributed by atoms with Crippen LogP contribution in [0.15, 0.2) is 47.0 Å². The van der Waals surface area contributed by atoms with E-state index in [2.05, 4.69) is 15.5 Å². The maximum absolute atomic E-state index is 12.1. The first-order chi connectivity index (χ1) is 11.5. The topological polar surface area (TPSA) is 68.0 Å². The largest absolute Gasteiger partial charge is 0.343 e. The number of aryl methyl sites for hydroxylation is 2. The summed E-state index contributed by atoms with van der Waals surface area (Å²) in [7, 11) is 0. The number of halogens is 1. The lowest BCUT2D eigenvalue weighted by molar-refractivity contribution is 0.0946. The van der Waals surface area contributed by atoms with Crippen LogP contribution in [-0.2, 0) is 6.54 Å². The van der Waals surface area contributed by atoms with E-state index in [0.29, 0.717) is 22.3 Å². The SMILES string of the molecule is Cc1cccc(-c2noc(CNC(=O)c3ccc(C)c(Cl)c3)n2)c1. The molecule has 6 heteroatoms. The minimum absolute atomic E-state index is 0.156. The Balaban J connectivity index is 1.67. The van der Waals surface area contributed by atoms with Crippen molar-refractivity contribution >= 4 is 17.5 Å². The van der Waals surface area contributed by atoms with Gasteiger partial charge in [0.15, 0.2) is 0 Å². The summed E-state index contributed by atoms with van der Waals surface area (Å²) in [5.41, 5.74) is 3.40. The van der Waals surface area contributed by atoms with Crippen molar-refractivity contribution in [3.8, 4) is 11.4 Å². The maximum Gasteiger partial charge on any atom is 0.251 e. The van der Waals surface area contributed by atoms with E-state index in [9.17, 15) is 4.79 Å². The zero-order chi connectivity index (χ0) is 17.1. The molecule has 122 valence electrons. The molecule has 0 spiro atoms. The normalized spacial score (nSPS) is 10.6. The van der Waals surface area contributed by atoms with Gasteiger partial charge in [0.25, 0.3) is 5.91 Å². The van der Waals surface area contributed by atoms with E-state index >= 15 is 0 Å². The van der Waals surface area contributed by atoms with Crippen LogP contribution in [0.3, 0.4) is 0 Å². The second-order valence-corrected chi connectivity index (χ2v) is 5.94. The predicted octanol–water partition coefficient (Wildman–Crippen LogP) is 3.94. The fraction of sp³-hybridized carbons (Fsp3) is 0.167. The van der Waals surface area contributed by atoms with Crippen molar-refractivity contribution in [3.05, 3.63) is 70.1 Å². The summed E-state index contributed by atoms with van der Waals surface area (Å²) in [6.07, 6.45) is 0. The molecule has 1 aromatic heterocycles. The Morgan fingerprint density at radius 2 is 2.04 bits per heavy atom. The molecule has 0 aliphatic rings. The number of rotatable bonds is 4. The van der Waals surface area contributed by atoms with Crippen LogP contribution in [-0.4, -0.2) is 16.0 Å². The monoisotopic (exact) mass is 341 g/mol. The van der Waals surface area contributed by atoms with E-state index in [1.165, 1.54) is 0 Å². The number of amides is 1. The zero-order valence-electron chi connectivity index (χ0n) is 13.3. The third-order valence-electron chi connectivity index (χ3n) is 3.58. The van der Waals surface area contributed by atoms with E-state index in [-0.39, 0.29) is 12.5 Å². The third kappa shape index (κ3) is 3.63. The van der Waals surface area contributed by atoms with Crippen molar-refractivity contribution in [1.29, 1.82) is 0 Å². The smallest absolute Gasteiger partial charge is 0.251 e. The molecule has 1 amide bonds. The Hall–Kier alpha value is -2.66. The molecule has 0 radical (unpaired) electrons. The van der Waals surface area contributed by atoms with Crippen molar-refractivity contribution in [2.24, 2.45) is 0 Å². The van der Waals surface area contributed by atoms with Crippen LogP contribution >= 0.6 is 11.6 Å². The molecule has 0 unspecified atom stereocenters. The number of hydrogen-bond acceptors (Lipinski definition) is 4. The predicted molar refractivity (Wildman–Crippen MR) is 91.8 cm³/mol. The molecule has 3 rings (SSSR count). The van der Waals surface area contributed by atoms with Gasteiger partial charge in [-0.25, -0.2) is 0 Å². The van der Waals surface area contributed by atoms with Crippen molar-refractivity contribution in [2.75, 3.05) is 0 Å². The van der Waals surface area contributed by atoms with E-state index in [4.69, 9.17) is 16.1 Å². The number of carbonyl (C=O) groups excluding carboxylic acids is 1. The first kappa shape index (κ1) is 16.2. The van der Waals surface area contributed by atoms with Gasteiger partial charge in [0.2, 0.25) is 11.7 Å². The van der Waals surface area contributed by atoms with Gasteiger partial charge in [0.1, 0.15) is 0 Å². The van der Waals surface area contributed by atoms with Crippen molar-refractivity contribution in [1.82, 2.24) is 15.5 Å². The molecule has 0 bridgehead atoms. The summed E-state index contributed by atoms with van der Waals surface area (Å²) in [5, 5.41) is 7.25. The number of hydrogen-bond donors (Lipinski definition) is 1. The number of aromatic nitrogens is 2. The molecule has 2 aromatic carbocycles. The Morgan fingerprint density at radius 3 is 2.79 bits per heavy atom. The molecule has 24 heavy (non-hydrogen) atoms. The fourth-order valence-electron chi connectivity index (χ4n) is 2.22. The van der Waals surface area contributed by atoms with E-state index in [0.717, 1.165) is 16.7 Å². The number of carbonyl (C=O) groups is 1. The highest BCUT2D eigenvalue weighted by molar-refractivity contribution is 6.31. The molecule has 1 N–H and O–H groups in total. The number of nitrogens with zero attached hydrogens (tertiary/aromatic N) is 2. The molecule has 1 heterocycles. The van der Waals surface area contributed by atoms with Crippen molar-refractivity contribution < 1.29 is 9.32 Å². The third-order valence-corrected chi connectivity index (χ3v) is 3.99. The summed E-state index contributed by atoms with van der Waals surface area (Å²) >= 11 is 6.04. The van der Waals surface area contributed by atoms with Gasteiger partial charge < -0.3 is 9.84 Å². The summed E-state index contributed by atoms with van der Waals surface area (Å²) in [5.74, 6) is 0.603. The van der Waals surface area contributed by atoms with Gasteiger partial charge in [-0.1, -0.05) is 46.6 Å². The van der Waals surface area contributed by atoms with Crippen LogP contribution in [0.5, 0.6) is 0 Å². The Kier molecular flexibility index (Phi) is 4.62. The van der Waals surface area contributed by atoms with E-state index in [1.54, 1.807) is 18.2 Å². The van der Waals surface area contributed by atoms with Crippen LogP contribution < -0.4 is 5.32 Å². The summed E-state index contributed by atoms with van der Waals surface area (Å²) in [6.45, 7) is 4.04. The average molecular weight is 342 g/mol. The average Bonchev–Trinajstić information content (AvgIpc) is 3.04. The Labute approximate surface area is 144 Å². The minimum atomic E-state index is -0.243. The van der Waals surface area contributed by atoms with Gasteiger partial charge in [-0.3, -0.25) is 4.79 Å². The minimum Gasteiger partial charge on any atom is -0.343 e. The first-order valence-corrected chi connectivity index (χ1v) is 7.85. The van der Waals surface area contributed by atoms with Gasteiger partial charge in [0, 0.05) is 16.1 Å². The number of benzene rings is 2. The molecule has 5 nitrogen and oxygen atoms in total. The van der Waals surface area contributed by atoms with Crippen LogP contribution in [0.2, 0.25) is 5.02 Å². The highest BCUT2D eigenvalue weighted by Crippen LogP contribution is 2.18. The quantitative estimate of drug-likeness (QED) is 0.780. The van der Waals surface area contributed by atoms with Gasteiger partial charge >= 0.3 is 0 Å². The van der Waals surface area contributed by atoms with E-state index < -0.39 is 0 Å². The van der Waals surface area contributed by atoms with Gasteiger partial charge in [0.05, 0.1) is 6.54 Å². The van der Waals surface area contributed by atoms with Gasteiger partial charge in [-0.05, 0) is 37.6 Å². The first-order valence-electron chi connectivity index (χ1n) is 7.47. The molecule has 0 saturated heterocycles. The lowest BCUT2D eigenvalue weighted by atomic mass is 10.1. The molecular formula is C18H16ClN3O2. The second kappa shape index (κ2) is 6.84. The second-order valence-electron chi connectivity index (χ2n) is 5.53. The van der Waals surface area contributed by atoms with Crippen LogP contribution in [0, 0.1) is 13.8 Å². The molecule has 3 aromatic rings. The zero-order valence-corrected chi connectivity index (χ0v) is 14.1. The maximum atomic E-state index is 12.1. The molecule has 0 saturated carbocycles. The molecule has 0 aliphatic heterocycles. The molecular weight excluding hydrogens is 326 g/mol. The molecule has 0 fully saturated rings. The standard InChI is InChI=1S/C18H16ClN3O2/c1-11-4-3-5-13(8-11)17-21-16(24-22-17)10-20-18(23)14-7-6-12(2)15(19)9-14/h3-9H,10H2,1-2H3,(H,20,23). The van der Waals surface area contributed by atoms with Gasteiger partial charge in [-0.2, -0.15) is 4.98 Å². The Bertz CT molecular complexity index is 889. The van der Waals surface area contributed by atoms with Crippen LogP contribution in [0.25, 0.3) is 11.4 Å². The fourth-order valence-corrected chi connectivity index (χ4v) is 2.40. The van der Waals surface area contributed by atoms with Crippen LogP contribution in [0.4, 0.5) is 0 Å². The highest BCUT2D eigenvalue weighted by Gasteiger charge is 2.11. The van der Waals surface area contributed by atoms with Crippen LogP contribution in [0.1, 0.15) is 27.4 Å².